The summed E-state index contributed by atoms with van der Waals surface area (Å²) in [5, 5.41) is 6.96. The zero-order valence-electron chi connectivity index (χ0n) is 24.3. The van der Waals surface area contributed by atoms with Gasteiger partial charge in [-0.25, -0.2) is 9.71 Å². The highest BCUT2D eigenvalue weighted by molar-refractivity contribution is 7.90. The number of aromatic nitrogens is 3. The molecule has 1 atom stereocenters. The fraction of sp³-hybridized carbons (Fsp3) is 0.630. The second-order valence-corrected chi connectivity index (χ2v) is 13.5. The number of ether oxygens (including phenoxy) is 1. The number of amides is 2. The van der Waals surface area contributed by atoms with Gasteiger partial charge in [0.25, 0.3) is 21.8 Å². The molecule has 2 saturated heterocycles. The van der Waals surface area contributed by atoms with E-state index in [1.165, 1.54) is 34.0 Å². The largest absolute Gasteiger partial charge is 0.394 e. The number of carbonyl (C=O) groups is 2. The molecule has 2 aromatic rings. The summed E-state index contributed by atoms with van der Waals surface area (Å²) < 4.78 is 74.9. The Morgan fingerprint density at radius 3 is 2.60 bits per heavy atom. The molecule has 4 heterocycles. The average molecular weight is 628 g/mol. The Morgan fingerprint density at radius 1 is 1.23 bits per heavy atom. The van der Waals surface area contributed by atoms with Crippen molar-refractivity contribution in [3.63, 3.8) is 0 Å². The van der Waals surface area contributed by atoms with Crippen molar-refractivity contribution in [2.24, 2.45) is 5.41 Å². The van der Waals surface area contributed by atoms with Crippen molar-refractivity contribution in [3.05, 3.63) is 30.0 Å². The predicted octanol–water partition coefficient (Wildman–Crippen LogP) is 2.81. The molecule has 1 unspecified atom stereocenters. The minimum atomic E-state index is -4.29. The highest BCUT2D eigenvalue weighted by Gasteiger charge is 2.62. The monoisotopic (exact) mass is 627 g/mol. The molecule has 2 aliphatic heterocycles. The maximum Gasteiger partial charge on any atom is 0.394 e. The van der Waals surface area contributed by atoms with E-state index < -0.39 is 45.1 Å². The molecule has 0 spiro atoms. The van der Waals surface area contributed by atoms with Gasteiger partial charge in [-0.2, -0.15) is 26.7 Å². The number of rotatable bonds is 11. The molecular formula is C27H36F3N7O5S. The van der Waals surface area contributed by atoms with Crippen LogP contribution in [0, 0.1) is 5.41 Å². The summed E-state index contributed by atoms with van der Waals surface area (Å²) in [5.74, 6) is -0.943. The molecule has 2 aromatic heterocycles. The average Bonchev–Trinajstić information content (AvgIpc) is 3.22. The topological polar surface area (TPSA) is 139 Å². The Hall–Kier alpha value is -3.24. The van der Waals surface area contributed by atoms with E-state index in [0.29, 0.717) is 19.8 Å². The summed E-state index contributed by atoms with van der Waals surface area (Å²) in [6.07, 6.45) is -2.69. The van der Waals surface area contributed by atoms with E-state index in [-0.39, 0.29) is 61.1 Å². The van der Waals surface area contributed by atoms with E-state index >= 15 is 0 Å². The minimum absolute atomic E-state index is 0.0154. The van der Waals surface area contributed by atoms with E-state index in [0.717, 1.165) is 6.42 Å². The molecule has 0 aromatic carbocycles. The Balaban J connectivity index is 1.35. The first kappa shape index (κ1) is 31.2. The zero-order chi connectivity index (χ0) is 31.2. The molecule has 16 heteroatoms. The molecule has 5 rings (SSSR count). The van der Waals surface area contributed by atoms with Gasteiger partial charge >= 0.3 is 6.18 Å². The third-order valence-electron chi connectivity index (χ3n) is 8.28. The lowest BCUT2D eigenvalue weighted by Gasteiger charge is -2.33. The van der Waals surface area contributed by atoms with Crippen LogP contribution >= 0.6 is 0 Å². The molecule has 0 bridgehead atoms. The van der Waals surface area contributed by atoms with E-state index in [2.05, 4.69) is 20.1 Å². The molecule has 236 valence electrons. The Labute approximate surface area is 248 Å². The number of halogens is 3. The molecule has 1 saturated carbocycles. The quantitative estimate of drug-likeness (QED) is 0.385. The van der Waals surface area contributed by atoms with Crippen LogP contribution in [0.4, 0.5) is 24.8 Å². The maximum absolute atomic E-state index is 13.4. The van der Waals surface area contributed by atoms with Crippen LogP contribution in [0.5, 0.6) is 0 Å². The lowest BCUT2D eigenvalue weighted by atomic mass is 10.0. The number of aryl methyl sites for hydroxylation is 1. The Morgan fingerprint density at radius 2 is 1.98 bits per heavy atom. The third kappa shape index (κ3) is 6.22. The van der Waals surface area contributed by atoms with Gasteiger partial charge < -0.3 is 9.64 Å². The number of hydrogen-bond donors (Lipinski definition) is 2. The third-order valence-corrected chi connectivity index (χ3v) is 9.50. The minimum Gasteiger partial charge on any atom is -0.368 e. The Bertz CT molecular complexity index is 1490. The summed E-state index contributed by atoms with van der Waals surface area (Å²) in [6, 6.07) is 4.17. The van der Waals surface area contributed by atoms with Gasteiger partial charge in [-0.05, 0) is 57.7 Å². The number of nitrogens with one attached hydrogen (secondary N) is 2. The fourth-order valence-corrected chi connectivity index (χ4v) is 6.36. The predicted molar refractivity (Wildman–Crippen MR) is 150 cm³/mol. The van der Waals surface area contributed by atoms with E-state index in [1.54, 1.807) is 0 Å². The number of pyridine rings is 1. The van der Waals surface area contributed by atoms with Crippen LogP contribution in [0.2, 0.25) is 0 Å². The maximum atomic E-state index is 13.4. The smallest absolute Gasteiger partial charge is 0.368 e. The molecule has 1 aliphatic carbocycles. The number of carbonyl (C=O) groups excluding carboxylic acids is 2. The molecule has 3 aliphatic rings. The van der Waals surface area contributed by atoms with Crippen LogP contribution in [-0.4, -0.2) is 79.2 Å². The number of nitrogens with zero attached hydrogens (tertiary/aromatic N) is 5. The molecule has 43 heavy (non-hydrogen) atoms. The molecule has 2 amide bonds. The molecule has 3 fully saturated rings. The SMILES string of the molecule is CCCn1ccc(S(=O)(=O)NC(=O)c2ccc(N3CCC(OCCC4(C(F)(F)F)CC4)C3=O)nc2N2CNCC2(C)C)n1. The van der Waals surface area contributed by atoms with Crippen molar-refractivity contribution in [2.75, 3.05) is 36.2 Å². The van der Waals surface area contributed by atoms with Crippen LogP contribution in [0.3, 0.4) is 0 Å². The van der Waals surface area contributed by atoms with E-state index in [9.17, 15) is 31.2 Å². The standard InChI is InChI=1S/C27H36F3N7O5S/c1-4-12-35-13-8-21(33-35)43(40,41)34-23(38)18-5-6-20(32-22(18)37-17-31-16-25(37,2)3)36-14-7-19(24(36)39)42-15-11-26(9-10-26)27(28,29)30/h5-6,8,13,19,31H,4,7,9-12,14-17H2,1-3H3,(H,34,38). The number of hydrogen-bond acceptors (Lipinski definition) is 9. The first-order chi connectivity index (χ1) is 20.2. The summed E-state index contributed by atoms with van der Waals surface area (Å²) >= 11 is 0. The van der Waals surface area contributed by atoms with Gasteiger partial charge in [0.05, 0.1) is 17.6 Å². The number of anilines is 2. The molecule has 2 N–H and O–H groups in total. The zero-order valence-corrected chi connectivity index (χ0v) is 25.1. The van der Waals surface area contributed by atoms with Crippen LogP contribution < -0.4 is 19.8 Å². The van der Waals surface area contributed by atoms with Crippen LogP contribution in [0.15, 0.2) is 29.4 Å². The first-order valence-corrected chi connectivity index (χ1v) is 15.8. The number of alkyl halides is 3. The normalized spacial score (nSPS) is 21.4. The van der Waals surface area contributed by atoms with Crippen LogP contribution in [0.1, 0.15) is 63.2 Å². The van der Waals surface area contributed by atoms with Gasteiger partial charge in [-0.15, -0.1) is 0 Å². The van der Waals surface area contributed by atoms with Gasteiger partial charge in [0, 0.05) is 44.4 Å². The lowest BCUT2D eigenvalue weighted by molar-refractivity contribution is -0.192. The van der Waals surface area contributed by atoms with Crippen molar-refractivity contribution < 1.29 is 35.9 Å². The van der Waals surface area contributed by atoms with E-state index in [1.807, 2.05) is 25.7 Å². The molecular weight excluding hydrogens is 591 g/mol. The van der Waals surface area contributed by atoms with Crippen molar-refractivity contribution in [2.45, 2.75) is 82.3 Å². The molecule has 0 radical (unpaired) electrons. The van der Waals surface area contributed by atoms with Gasteiger partial charge in [0.1, 0.15) is 17.7 Å². The lowest BCUT2D eigenvalue weighted by Crippen LogP contribution is -2.43. The van der Waals surface area contributed by atoms with E-state index in [4.69, 9.17) is 4.74 Å². The van der Waals surface area contributed by atoms with Crippen molar-refractivity contribution >= 4 is 33.5 Å². The Kier molecular flexibility index (Phi) is 8.24. The second-order valence-electron chi connectivity index (χ2n) is 11.9. The highest BCUT2D eigenvalue weighted by Crippen LogP contribution is 2.59. The fourth-order valence-electron chi connectivity index (χ4n) is 5.44. The second kappa shape index (κ2) is 11.4. The number of sulfonamides is 1. The van der Waals surface area contributed by atoms with Gasteiger partial charge in [-0.1, -0.05) is 6.92 Å². The first-order valence-electron chi connectivity index (χ1n) is 14.3. The highest BCUT2D eigenvalue weighted by atomic mass is 32.2. The summed E-state index contributed by atoms with van der Waals surface area (Å²) in [5.41, 5.74) is -2.23. The van der Waals surface area contributed by atoms with Crippen molar-refractivity contribution in [3.8, 4) is 0 Å². The van der Waals surface area contributed by atoms with Crippen LogP contribution in [0.25, 0.3) is 0 Å². The summed E-state index contributed by atoms with van der Waals surface area (Å²) in [7, 11) is -4.29. The van der Waals surface area contributed by atoms with Gasteiger partial charge in [0.15, 0.2) is 5.03 Å². The molecule has 12 nitrogen and oxygen atoms in total. The van der Waals surface area contributed by atoms with Crippen molar-refractivity contribution in [1.82, 2.24) is 24.8 Å². The van der Waals surface area contributed by atoms with Crippen LogP contribution in [-0.2, 0) is 26.1 Å². The summed E-state index contributed by atoms with van der Waals surface area (Å²) in [6.45, 7) is 7.23. The van der Waals surface area contributed by atoms with Crippen molar-refractivity contribution in [1.29, 1.82) is 0 Å². The van der Waals surface area contributed by atoms with Gasteiger partial charge in [0.2, 0.25) is 0 Å². The summed E-state index contributed by atoms with van der Waals surface area (Å²) in [4.78, 5) is 34.4. The van der Waals surface area contributed by atoms with Gasteiger partial charge in [-0.3, -0.25) is 24.5 Å².